The zero-order chi connectivity index (χ0) is 17.4. The highest BCUT2D eigenvalue weighted by Gasteiger charge is 2.20. The third-order valence-electron chi connectivity index (χ3n) is 5.30. The Bertz CT molecular complexity index is 913. The van der Waals surface area contributed by atoms with Crippen molar-refractivity contribution in [1.82, 2.24) is 14.5 Å². The van der Waals surface area contributed by atoms with E-state index in [1.165, 1.54) is 27.7 Å². The first kappa shape index (κ1) is 16.8. The SMILES string of the molecule is Cc1ccc2c(c1)c1c(n2CCc2cncc(Br)c2)CCN(C)CC1. The lowest BCUT2D eigenvalue weighted by atomic mass is 10.1. The van der Waals surface area contributed by atoms with Gasteiger partial charge >= 0.3 is 0 Å². The Balaban J connectivity index is 1.74. The second-order valence-electron chi connectivity index (χ2n) is 7.16. The largest absolute Gasteiger partial charge is 0.344 e. The van der Waals surface area contributed by atoms with Gasteiger partial charge in [-0.25, -0.2) is 0 Å². The molecule has 0 atom stereocenters. The molecule has 0 bridgehead atoms. The van der Waals surface area contributed by atoms with Crippen molar-refractivity contribution < 1.29 is 0 Å². The summed E-state index contributed by atoms with van der Waals surface area (Å²) in [5, 5.41) is 1.46. The van der Waals surface area contributed by atoms with Crippen LogP contribution in [0.2, 0.25) is 0 Å². The lowest BCUT2D eigenvalue weighted by Crippen LogP contribution is -2.21. The van der Waals surface area contributed by atoms with Crippen molar-refractivity contribution in [2.24, 2.45) is 0 Å². The molecule has 4 heteroatoms. The zero-order valence-corrected chi connectivity index (χ0v) is 16.5. The number of likely N-dealkylation sites (N-methyl/N-ethyl adjacent to an activating group) is 1. The molecule has 3 nitrogen and oxygen atoms in total. The van der Waals surface area contributed by atoms with E-state index in [4.69, 9.17) is 0 Å². The van der Waals surface area contributed by atoms with Gasteiger partial charge in [0.1, 0.15) is 0 Å². The summed E-state index contributed by atoms with van der Waals surface area (Å²) in [7, 11) is 2.23. The standard InChI is InChI=1S/C21H24BrN3/c1-15-3-4-20-19(11-15)18-6-8-24(2)9-7-21(18)25(20)10-5-16-12-17(22)14-23-13-16/h3-4,11-14H,5-10H2,1-2H3. The summed E-state index contributed by atoms with van der Waals surface area (Å²) in [6, 6.07) is 9.10. The highest BCUT2D eigenvalue weighted by atomic mass is 79.9. The summed E-state index contributed by atoms with van der Waals surface area (Å²) >= 11 is 3.53. The van der Waals surface area contributed by atoms with Crippen molar-refractivity contribution in [3.63, 3.8) is 0 Å². The van der Waals surface area contributed by atoms with Crippen LogP contribution in [0, 0.1) is 6.92 Å². The normalized spacial score (nSPS) is 15.3. The maximum atomic E-state index is 4.31. The molecule has 1 aliphatic rings. The predicted molar refractivity (Wildman–Crippen MR) is 107 cm³/mol. The van der Waals surface area contributed by atoms with E-state index in [0.717, 1.165) is 43.4 Å². The summed E-state index contributed by atoms with van der Waals surface area (Å²) in [6.45, 7) is 5.49. The molecule has 0 amide bonds. The number of rotatable bonds is 3. The molecule has 1 aliphatic heterocycles. The molecule has 0 saturated heterocycles. The van der Waals surface area contributed by atoms with E-state index in [2.05, 4.69) is 68.6 Å². The number of hydrogen-bond donors (Lipinski definition) is 0. The molecule has 2 aromatic heterocycles. The Morgan fingerprint density at radius 1 is 1.12 bits per heavy atom. The van der Waals surface area contributed by atoms with Gasteiger partial charge in [0.2, 0.25) is 0 Å². The minimum atomic E-state index is 1.01. The lowest BCUT2D eigenvalue weighted by molar-refractivity contribution is 0.351. The second kappa shape index (κ2) is 6.93. The molecular weight excluding hydrogens is 374 g/mol. The lowest BCUT2D eigenvalue weighted by Gasteiger charge is -2.14. The van der Waals surface area contributed by atoms with Crippen LogP contribution in [-0.4, -0.2) is 34.6 Å². The average molecular weight is 398 g/mol. The molecular formula is C21H24BrN3. The van der Waals surface area contributed by atoms with Gasteiger partial charge in [-0.2, -0.15) is 0 Å². The third kappa shape index (κ3) is 3.38. The van der Waals surface area contributed by atoms with Gasteiger partial charge in [-0.05, 0) is 72.1 Å². The molecule has 25 heavy (non-hydrogen) atoms. The fourth-order valence-corrected chi connectivity index (χ4v) is 4.37. The smallest absolute Gasteiger partial charge is 0.0485 e. The maximum Gasteiger partial charge on any atom is 0.0485 e. The molecule has 3 heterocycles. The number of halogens is 1. The van der Waals surface area contributed by atoms with Crippen LogP contribution < -0.4 is 0 Å². The summed E-state index contributed by atoms with van der Waals surface area (Å²) in [6.07, 6.45) is 7.12. The Hall–Kier alpha value is -1.65. The first-order valence-corrected chi connectivity index (χ1v) is 9.79. The molecule has 4 rings (SSSR count). The quantitative estimate of drug-likeness (QED) is 0.653. The van der Waals surface area contributed by atoms with Gasteiger partial charge in [-0.15, -0.1) is 0 Å². The van der Waals surface area contributed by atoms with Gasteiger partial charge in [0.05, 0.1) is 0 Å². The number of aromatic nitrogens is 2. The van der Waals surface area contributed by atoms with E-state index in [1.807, 2.05) is 12.4 Å². The van der Waals surface area contributed by atoms with Crippen molar-refractivity contribution in [3.05, 3.63) is 63.5 Å². The number of aryl methyl sites for hydroxylation is 3. The number of pyridine rings is 1. The molecule has 3 aromatic rings. The van der Waals surface area contributed by atoms with Crippen LogP contribution in [0.15, 0.2) is 41.1 Å². The number of benzene rings is 1. The van der Waals surface area contributed by atoms with Crippen molar-refractivity contribution in [3.8, 4) is 0 Å². The fraction of sp³-hybridized carbons (Fsp3) is 0.381. The van der Waals surface area contributed by atoms with Crippen LogP contribution in [0.25, 0.3) is 10.9 Å². The van der Waals surface area contributed by atoms with Crippen molar-refractivity contribution in [1.29, 1.82) is 0 Å². The topological polar surface area (TPSA) is 21.1 Å². The third-order valence-corrected chi connectivity index (χ3v) is 5.74. The molecule has 0 aliphatic carbocycles. The monoisotopic (exact) mass is 397 g/mol. The highest BCUT2D eigenvalue weighted by molar-refractivity contribution is 9.10. The van der Waals surface area contributed by atoms with Gasteiger partial charge in [0.15, 0.2) is 0 Å². The van der Waals surface area contributed by atoms with Gasteiger partial charge in [0, 0.05) is 59.5 Å². The van der Waals surface area contributed by atoms with Crippen molar-refractivity contribution in [2.45, 2.75) is 32.7 Å². The van der Waals surface area contributed by atoms with E-state index in [-0.39, 0.29) is 0 Å². The second-order valence-corrected chi connectivity index (χ2v) is 8.08. The predicted octanol–water partition coefficient (Wildman–Crippen LogP) is 4.38. The Morgan fingerprint density at radius 3 is 2.80 bits per heavy atom. The van der Waals surface area contributed by atoms with Crippen LogP contribution in [0.3, 0.4) is 0 Å². The number of fused-ring (bicyclic) bond motifs is 3. The van der Waals surface area contributed by atoms with Gasteiger partial charge in [-0.3, -0.25) is 4.98 Å². The van der Waals surface area contributed by atoms with Gasteiger partial charge < -0.3 is 9.47 Å². The van der Waals surface area contributed by atoms with Crippen LogP contribution in [-0.2, 0) is 25.8 Å². The molecule has 0 fully saturated rings. The highest BCUT2D eigenvalue weighted by Crippen LogP contribution is 2.30. The van der Waals surface area contributed by atoms with Crippen molar-refractivity contribution in [2.75, 3.05) is 20.1 Å². The van der Waals surface area contributed by atoms with Crippen LogP contribution in [0.1, 0.15) is 22.4 Å². The number of hydrogen-bond acceptors (Lipinski definition) is 2. The van der Waals surface area contributed by atoms with Crippen molar-refractivity contribution >= 4 is 26.8 Å². The van der Waals surface area contributed by atoms with E-state index in [9.17, 15) is 0 Å². The Morgan fingerprint density at radius 2 is 1.96 bits per heavy atom. The fourth-order valence-electron chi connectivity index (χ4n) is 3.96. The maximum absolute atomic E-state index is 4.31. The molecule has 0 N–H and O–H groups in total. The average Bonchev–Trinajstić information content (AvgIpc) is 2.73. The first-order valence-electron chi connectivity index (χ1n) is 9.00. The minimum Gasteiger partial charge on any atom is -0.344 e. The van der Waals surface area contributed by atoms with Crippen LogP contribution in [0.5, 0.6) is 0 Å². The van der Waals surface area contributed by atoms with Gasteiger partial charge in [-0.1, -0.05) is 11.6 Å². The van der Waals surface area contributed by atoms with E-state index in [0.29, 0.717) is 0 Å². The Labute approximate surface area is 157 Å². The minimum absolute atomic E-state index is 1.01. The first-order chi connectivity index (χ1) is 12.1. The van der Waals surface area contributed by atoms with E-state index >= 15 is 0 Å². The summed E-state index contributed by atoms with van der Waals surface area (Å²) in [4.78, 5) is 6.76. The summed E-state index contributed by atoms with van der Waals surface area (Å²) in [5.41, 5.74) is 7.12. The molecule has 0 saturated carbocycles. The molecule has 0 spiro atoms. The van der Waals surface area contributed by atoms with E-state index in [1.54, 1.807) is 5.56 Å². The summed E-state index contributed by atoms with van der Waals surface area (Å²) < 4.78 is 3.61. The van der Waals surface area contributed by atoms with Gasteiger partial charge in [0.25, 0.3) is 0 Å². The van der Waals surface area contributed by atoms with E-state index < -0.39 is 0 Å². The summed E-state index contributed by atoms with van der Waals surface area (Å²) in [5.74, 6) is 0. The van der Waals surface area contributed by atoms with Crippen LogP contribution in [0.4, 0.5) is 0 Å². The zero-order valence-electron chi connectivity index (χ0n) is 14.9. The number of nitrogens with zero attached hydrogens (tertiary/aromatic N) is 3. The molecule has 1 aromatic carbocycles. The van der Waals surface area contributed by atoms with Crippen LogP contribution >= 0.6 is 15.9 Å². The Kier molecular flexibility index (Phi) is 4.65. The molecule has 0 unspecified atom stereocenters. The molecule has 0 radical (unpaired) electrons. The molecule has 130 valence electrons.